The molecule has 0 aliphatic rings. The monoisotopic (exact) mass is 292 g/mol. The summed E-state index contributed by atoms with van der Waals surface area (Å²) in [6.07, 6.45) is 1.70. The van der Waals surface area contributed by atoms with Crippen LogP contribution in [0, 0.1) is 0 Å². The average Bonchev–Trinajstić information content (AvgIpc) is 2.14. The van der Waals surface area contributed by atoms with Crippen LogP contribution in [-0.2, 0) is 9.53 Å². The highest BCUT2D eigenvalue weighted by molar-refractivity contribution is 6.70. The first-order valence-corrected chi connectivity index (χ1v) is 5.94. The number of esters is 1. The number of carbonyl (C=O) groups excluding carboxylic acids is 1. The second-order valence-corrected chi connectivity index (χ2v) is 5.72. The predicted octanol–water partition coefficient (Wildman–Crippen LogP) is 3.86. The lowest BCUT2D eigenvalue weighted by Crippen LogP contribution is -2.26. The van der Waals surface area contributed by atoms with Gasteiger partial charge in [-0.1, -0.05) is 54.7 Å². The van der Waals surface area contributed by atoms with Gasteiger partial charge in [-0.05, 0) is 6.42 Å². The quantitative estimate of drug-likeness (QED) is 0.333. The van der Waals surface area contributed by atoms with Crippen LogP contribution in [0.4, 0.5) is 0 Å². The Morgan fingerprint density at radius 3 is 2.40 bits per heavy atom. The number of ether oxygens (including phenoxy) is 1. The molecule has 0 saturated carbocycles. The third-order valence-electron chi connectivity index (χ3n) is 1.59. The van der Waals surface area contributed by atoms with E-state index in [9.17, 15) is 4.79 Å². The number of rotatable bonds is 5. The fourth-order valence-electron chi connectivity index (χ4n) is 0.703. The lowest BCUT2D eigenvalue weighted by molar-refractivity contribution is -0.139. The van der Waals surface area contributed by atoms with Gasteiger partial charge < -0.3 is 4.74 Å². The molecular weight excluding hydrogens is 282 g/mol. The predicted molar refractivity (Wildman–Crippen MR) is 64.9 cm³/mol. The third-order valence-corrected chi connectivity index (χ3v) is 3.17. The Bertz CT molecular complexity index is 235. The Hall–Kier alpha value is 0.370. The molecule has 1 unspecified atom stereocenters. The van der Waals surface area contributed by atoms with Crippen LogP contribution in [0.1, 0.15) is 19.8 Å². The number of carbonyl (C=O) groups is 1. The van der Waals surface area contributed by atoms with Crippen molar-refractivity contribution in [2.45, 2.75) is 28.9 Å². The molecule has 1 atom stereocenters. The van der Waals surface area contributed by atoms with Crippen LogP contribution in [-0.4, -0.2) is 21.7 Å². The SMILES string of the molecule is C=C(C(=O)OCCCC)C(Cl)C(Cl)(Cl)Cl. The van der Waals surface area contributed by atoms with Gasteiger partial charge in [-0.15, -0.1) is 11.6 Å². The maximum Gasteiger partial charge on any atom is 0.335 e. The van der Waals surface area contributed by atoms with Gasteiger partial charge in [0.1, 0.15) is 5.38 Å². The molecule has 15 heavy (non-hydrogen) atoms. The Morgan fingerprint density at radius 2 is 2.00 bits per heavy atom. The fraction of sp³-hybridized carbons (Fsp3) is 0.667. The van der Waals surface area contributed by atoms with Crippen molar-refractivity contribution in [3.63, 3.8) is 0 Å². The van der Waals surface area contributed by atoms with Gasteiger partial charge in [0, 0.05) is 0 Å². The van der Waals surface area contributed by atoms with E-state index in [2.05, 4.69) is 6.58 Å². The van der Waals surface area contributed by atoms with Gasteiger partial charge in [-0.2, -0.15) is 0 Å². The largest absolute Gasteiger partial charge is 0.462 e. The minimum atomic E-state index is -1.76. The summed E-state index contributed by atoms with van der Waals surface area (Å²) in [5.41, 5.74) is -0.0484. The molecule has 0 aromatic rings. The summed E-state index contributed by atoms with van der Waals surface area (Å²) in [6, 6.07) is 0. The summed E-state index contributed by atoms with van der Waals surface area (Å²) in [5, 5.41) is -1.09. The summed E-state index contributed by atoms with van der Waals surface area (Å²) < 4.78 is 3.10. The molecule has 0 aliphatic carbocycles. The summed E-state index contributed by atoms with van der Waals surface area (Å²) in [7, 11) is 0. The van der Waals surface area contributed by atoms with Gasteiger partial charge in [0.05, 0.1) is 12.2 Å². The molecule has 0 rings (SSSR count). The highest BCUT2D eigenvalue weighted by atomic mass is 35.6. The standard InChI is InChI=1S/C9H12Cl4O2/c1-3-4-5-15-8(14)6(2)7(10)9(11,12)13/h7H,2-5H2,1H3. The Labute approximate surface area is 109 Å². The van der Waals surface area contributed by atoms with Gasteiger partial charge >= 0.3 is 5.97 Å². The topological polar surface area (TPSA) is 26.3 Å². The first kappa shape index (κ1) is 15.4. The van der Waals surface area contributed by atoms with Crippen molar-refractivity contribution in [1.29, 1.82) is 0 Å². The molecule has 0 bridgehead atoms. The summed E-state index contributed by atoms with van der Waals surface area (Å²) >= 11 is 22.3. The summed E-state index contributed by atoms with van der Waals surface area (Å²) in [4.78, 5) is 11.3. The van der Waals surface area contributed by atoms with Crippen LogP contribution in [0.3, 0.4) is 0 Å². The van der Waals surface area contributed by atoms with Gasteiger partial charge in [0.15, 0.2) is 0 Å². The first-order chi connectivity index (χ1) is 6.80. The van der Waals surface area contributed by atoms with Crippen molar-refractivity contribution < 1.29 is 9.53 Å². The lowest BCUT2D eigenvalue weighted by Gasteiger charge is -2.19. The van der Waals surface area contributed by atoms with E-state index in [4.69, 9.17) is 51.1 Å². The third kappa shape index (κ3) is 5.86. The Balaban J connectivity index is 4.15. The fourth-order valence-corrected chi connectivity index (χ4v) is 1.19. The second-order valence-electron chi connectivity index (χ2n) is 2.92. The number of hydrogen-bond donors (Lipinski definition) is 0. The van der Waals surface area contributed by atoms with Crippen molar-refractivity contribution in [3.8, 4) is 0 Å². The van der Waals surface area contributed by atoms with Crippen molar-refractivity contribution in [2.75, 3.05) is 6.61 Å². The van der Waals surface area contributed by atoms with E-state index in [0.717, 1.165) is 12.8 Å². The van der Waals surface area contributed by atoms with E-state index in [1.165, 1.54) is 0 Å². The van der Waals surface area contributed by atoms with E-state index < -0.39 is 15.1 Å². The molecule has 0 heterocycles. The zero-order valence-corrected chi connectivity index (χ0v) is 11.3. The molecule has 2 nitrogen and oxygen atoms in total. The maximum absolute atomic E-state index is 11.3. The van der Waals surface area contributed by atoms with Crippen LogP contribution in [0.25, 0.3) is 0 Å². The molecule has 6 heteroatoms. The molecule has 0 aromatic carbocycles. The molecular formula is C9H12Cl4O2. The Morgan fingerprint density at radius 1 is 1.47 bits per heavy atom. The molecule has 88 valence electrons. The number of alkyl halides is 4. The van der Waals surface area contributed by atoms with E-state index in [-0.39, 0.29) is 5.57 Å². The number of hydrogen-bond acceptors (Lipinski definition) is 2. The van der Waals surface area contributed by atoms with E-state index in [1.54, 1.807) is 0 Å². The minimum absolute atomic E-state index is 0.0484. The van der Waals surface area contributed by atoms with E-state index in [1.807, 2.05) is 6.92 Å². The number of unbranched alkanes of at least 4 members (excludes halogenated alkanes) is 1. The lowest BCUT2D eigenvalue weighted by atomic mass is 10.2. The molecule has 0 aromatic heterocycles. The molecule has 0 fully saturated rings. The maximum atomic E-state index is 11.3. The van der Waals surface area contributed by atoms with Gasteiger partial charge in [-0.25, -0.2) is 4.79 Å². The molecule has 0 radical (unpaired) electrons. The van der Waals surface area contributed by atoms with Crippen molar-refractivity contribution in [1.82, 2.24) is 0 Å². The van der Waals surface area contributed by atoms with E-state index in [0.29, 0.717) is 6.61 Å². The number of halogens is 4. The zero-order chi connectivity index (χ0) is 12.1. The smallest absolute Gasteiger partial charge is 0.335 e. The minimum Gasteiger partial charge on any atom is -0.462 e. The van der Waals surface area contributed by atoms with E-state index >= 15 is 0 Å². The average molecular weight is 294 g/mol. The second kappa shape index (κ2) is 6.85. The summed E-state index contributed by atoms with van der Waals surface area (Å²) in [6.45, 7) is 5.74. The molecule has 0 aliphatic heterocycles. The first-order valence-electron chi connectivity index (χ1n) is 4.37. The highest BCUT2D eigenvalue weighted by Gasteiger charge is 2.36. The molecule has 0 N–H and O–H groups in total. The van der Waals surface area contributed by atoms with Crippen molar-refractivity contribution in [2.24, 2.45) is 0 Å². The van der Waals surface area contributed by atoms with Crippen LogP contribution >= 0.6 is 46.4 Å². The highest BCUT2D eigenvalue weighted by Crippen LogP contribution is 2.37. The van der Waals surface area contributed by atoms with Crippen molar-refractivity contribution >= 4 is 52.4 Å². The van der Waals surface area contributed by atoms with Crippen LogP contribution in [0.15, 0.2) is 12.2 Å². The van der Waals surface area contributed by atoms with Gasteiger partial charge in [-0.3, -0.25) is 0 Å². The van der Waals surface area contributed by atoms with Crippen molar-refractivity contribution in [3.05, 3.63) is 12.2 Å². The molecule has 0 saturated heterocycles. The van der Waals surface area contributed by atoms with Crippen LogP contribution in [0.2, 0.25) is 0 Å². The summed E-state index contributed by atoms with van der Waals surface area (Å²) in [5.74, 6) is -0.630. The van der Waals surface area contributed by atoms with Crippen LogP contribution < -0.4 is 0 Å². The zero-order valence-electron chi connectivity index (χ0n) is 8.23. The normalized spacial score (nSPS) is 13.4. The Kier molecular flexibility index (Phi) is 7.02. The van der Waals surface area contributed by atoms with Gasteiger partial charge in [0.2, 0.25) is 3.79 Å². The molecule has 0 spiro atoms. The molecule has 0 amide bonds. The van der Waals surface area contributed by atoms with Crippen LogP contribution in [0.5, 0.6) is 0 Å². The van der Waals surface area contributed by atoms with Gasteiger partial charge in [0.25, 0.3) is 0 Å².